The van der Waals surface area contributed by atoms with E-state index >= 15 is 0 Å². The number of allylic oxidation sites excluding steroid dienone is 1. The molecular formula is C14H16N2O4. The molecule has 0 spiro atoms. The lowest BCUT2D eigenvalue weighted by atomic mass is 10.1. The Labute approximate surface area is 116 Å². The maximum Gasteiger partial charge on any atom is 0.335 e. The fourth-order valence-corrected chi connectivity index (χ4v) is 2.10. The largest absolute Gasteiger partial charge is 0.495 e. The molecule has 6 heteroatoms. The molecule has 0 saturated carbocycles. The molecule has 0 bridgehead atoms. The quantitative estimate of drug-likeness (QED) is 0.887. The number of urea groups is 1. The monoisotopic (exact) mass is 276 g/mol. The molecule has 0 unspecified atom stereocenters. The highest BCUT2D eigenvalue weighted by Gasteiger charge is 2.23. The predicted molar refractivity (Wildman–Crippen MR) is 74.2 cm³/mol. The summed E-state index contributed by atoms with van der Waals surface area (Å²) >= 11 is 0. The van der Waals surface area contributed by atoms with Crippen molar-refractivity contribution < 1.29 is 19.4 Å². The van der Waals surface area contributed by atoms with Gasteiger partial charge in [-0.05, 0) is 31.0 Å². The Morgan fingerprint density at radius 3 is 2.90 bits per heavy atom. The number of methoxy groups -OCH3 is 1. The lowest BCUT2D eigenvalue weighted by Gasteiger charge is -2.22. The van der Waals surface area contributed by atoms with Crippen LogP contribution in [0.15, 0.2) is 30.5 Å². The van der Waals surface area contributed by atoms with Gasteiger partial charge in [0.15, 0.2) is 0 Å². The van der Waals surface area contributed by atoms with Gasteiger partial charge in [-0.25, -0.2) is 9.59 Å². The van der Waals surface area contributed by atoms with Crippen LogP contribution in [0.4, 0.5) is 10.5 Å². The molecule has 106 valence electrons. The molecular weight excluding hydrogens is 260 g/mol. The molecule has 0 aromatic heterocycles. The second-order valence-corrected chi connectivity index (χ2v) is 4.48. The number of carbonyl (C=O) groups is 2. The highest BCUT2D eigenvalue weighted by Crippen LogP contribution is 2.31. The lowest BCUT2D eigenvalue weighted by Crippen LogP contribution is -2.37. The van der Waals surface area contributed by atoms with Crippen molar-refractivity contribution >= 4 is 17.7 Å². The van der Waals surface area contributed by atoms with Gasteiger partial charge in [0.05, 0.1) is 18.4 Å². The van der Waals surface area contributed by atoms with E-state index in [4.69, 9.17) is 9.84 Å². The van der Waals surface area contributed by atoms with Crippen LogP contribution in [0, 0.1) is 0 Å². The highest BCUT2D eigenvalue weighted by atomic mass is 16.5. The van der Waals surface area contributed by atoms with Crippen LogP contribution in [-0.2, 0) is 0 Å². The normalized spacial score (nSPS) is 15.6. The van der Waals surface area contributed by atoms with E-state index in [9.17, 15) is 9.59 Å². The van der Waals surface area contributed by atoms with Gasteiger partial charge < -0.3 is 15.2 Å². The zero-order valence-electron chi connectivity index (χ0n) is 11.2. The lowest BCUT2D eigenvalue weighted by molar-refractivity contribution is 0.0697. The number of hydrogen-bond acceptors (Lipinski definition) is 3. The number of nitrogens with zero attached hydrogens (tertiary/aromatic N) is 1. The number of benzene rings is 1. The standard InChI is InChI=1S/C14H16N2O4/c1-9-4-3-7-16(14(19)15-9)11-8-10(13(17)18)5-6-12(11)20-2/h5-6,8H,1,3-4,7H2,2H3,(H,15,19)(H,17,18). The van der Waals surface area contributed by atoms with Gasteiger partial charge >= 0.3 is 12.0 Å². The van der Waals surface area contributed by atoms with Crippen LogP contribution >= 0.6 is 0 Å². The molecule has 2 amide bonds. The Balaban J connectivity index is 2.43. The predicted octanol–water partition coefficient (Wildman–Crippen LogP) is 2.22. The Morgan fingerprint density at radius 2 is 2.25 bits per heavy atom. The zero-order valence-corrected chi connectivity index (χ0v) is 11.2. The van der Waals surface area contributed by atoms with E-state index in [0.29, 0.717) is 30.1 Å². The average molecular weight is 276 g/mol. The minimum absolute atomic E-state index is 0.108. The molecule has 1 heterocycles. The first-order valence-corrected chi connectivity index (χ1v) is 6.20. The Hall–Kier alpha value is -2.50. The molecule has 0 atom stereocenters. The number of aromatic carboxylic acids is 1. The molecule has 1 aliphatic rings. The summed E-state index contributed by atoms with van der Waals surface area (Å²) in [4.78, 5) is 24.7. The molecule has 0 aliphatic carbocycles. The third-order valence-electron chi connectivity index (χ3n) is 3.11. The average Bonchev–Trinajstić information content (AvgIpc) is 2.58. The summed E-state index contributed by atoms with van der Waals surface area (Å²) in [7, 11) is 1.48. The minimum Gasteiger partial charge on any atom is -0.495 e. The molecule has 1 fully saturated rings. The van der Waals surface area contributed by atoms with Crippen LogP contribution in [-0.4, -0.2) is 30.8 Å². The maximum absolute atomic E-state index is 12.1. The van der Waals surface area contributed by atoms with Crippen LogP contribution < -0.4 is 15.0 Å². The molecule has 1 aromatic rings. The fraction of sp³-hybridized carbons (Fsp3) is 0.286. The Bertz CT molecular complexity index is 568. The van der Waals surface area contributed by atoms with Crippen molar-refractivity contribution in [2.24, 2.45) is 0 Å². The third kappa shape index (κ3) is 2.74. The summed E-state index contributed by atoms with van der Waals surface area (Å²) in [6, 6.07) is 4.10. The molecule has 1 aliphatic heterocycles. The van der Waals surface area contributed by atoms with E-state index in [-0.39, 0.29) is 11.6 Å². The summed E-state index contributed by atoms with van der Waals surface area (Å²) in [5.74, 6) is -0.591. The van der Waals surface area contributed by atoms with E-state index in [1.54, 1.807) is 6.07 Å². The molecule has 6 nitrogen and oxygen atoms in total. The third-order valence-corrected chi connectivity index (χ3v) is 3.11. The number of rotatable bonds is 3. The number of nitrogens with one attached hydrogen (secondary N) is 1. The molecule has 2 rings (SSSR count). The number of carbonyl (C=O) groups excluding carboxylic acids is 1. The topological polar surface area (TPSA) is 78.9 Å². The first kappa shape index (κ1) is 13.9. The van der Waals surface area contributed by atoms with E-state index < -0.39 is 5.97 Å². The van der Waals surface area contributed by atoms with Crippen molar-refractivity contribution in [1.82, 2.24) is 5.32 Å². The minimum atomic E-state index is -1.05. The van der Waals surface area contributed by atoms with Gasteiger partial charge in [0, 0.05) is 12.2 Å². The van der Waals surface area contributed by atoms with Crippen LogP contribution in [0.5, 0.6) is 5.75 Å². The fourth-order valence-electron chi connectivity index (χ4n) is 2.10. The molecule has 2 N–H and O–H groups in total. The van der Waals surface area contributed by atoms with Gasteiger partial charge in [-0.2, -0.15) is 0 Å². The van der Waals surface area contributed by atoms with E-state index in [1.807, 2.05) is 0 Å². The van der Waals surface area contributed by atoms with Crippen LogP contribution in [0.1, 0.15) is 23.2 Å². The van der Waals surface area contributed by atoms with Crippen molar-refractivity contribution in [2.75, 3.05) is 18.6 Å². The first-order chi connectivity index (χ1) is 9.52. The molecule has 20 heavy (non-hydrogen) atoms. The molecule has 0 radical (unpaired) electrons. The number of carboxylic acid groups (broad SMARTS) is 1. The summed E-state index contributed by atoms with van der Waals surface area (Å²) in [5, 5.41) is 11.7. The smallest absolute Gasteiger partial charge is 0.335 e. The van der Waals surface area contributed by atoms with Gasteiger partial charge in [0.1, 0.15) is 5.75 Å². The van der Waals surface area contributed by atoms with E-state index in [0.717, 1.165) is 6.42 Å². The summed E-state index contributed by atoms with van der Waals surface area (Å²) < 4.78 is 5.21. The van der Waals surface area contributed by atoms with Crippen LogP contribution in [0.3, 0.4) is 0 Å². The number of amides is 2. The van der Waals surface area contributed by atoms with Gasteiger partial charge in [-0.1, -0.05) is 6.58 Å². The van der Waals surface area contributed by atoms with Crippen molar-refractivity contribution in [3.8, 4) is 5.75 Å². The second kappa shape index (κ2) is 5.64. The summed E-state index contributed by atoms with van der Waals surface area (Å²) in [6.45, 7) is 4.23. The van der Waals surface area contributed by atoms with Gasteiger partial charge in [-0.15, -0.1) is 0 Å². The van der Waals surface area contributed by atoms with Gasteiger partial charge in [0.25, 0.3) is 0 Å². The summed E-state index contributed by atoms with van der Waals surface area (Å²) in [5.41, 5.74) is 1.21. The SMILES string of the molecule is C=C1CCCN(c2cc(C(=O)O)ccc2OC)C(=O)N1. The second-order valence-electron chi connectivity index (χ2n) is 4.48. The van der Waals surface area contributed by atoms with Crippen molar-refractivity contribution in [3.05, 3.63) is 36.0 Å². The highest BCUT2D eigenvalue weighted by molar-refractivity contribution is 5.97. The van der Waals surface area contributed by atoms with Crippen molar-refractivity contribution in [3.63, 3.8) is 0 Å². The first-order valence-electron chi connectivity index (χ1n) is 6.20. The number of ether oxygens (including phenoxy) is 1. The Morgan fingerprint density at radius 1 is 1.50 bits per heavy atom. The maximum atomic E-state index is 12.1. The van der Waals surface area contributed by atoms with E-state index in [2.05, 4.69) is 11.9 Å². The van der Waals surface area contributed by atoms with Gasteiger partial charge in [0.2, 0.25) is 0 Å². The number of carboxylic acids is 1. The zero-order chi connectivity index (χ0) is 14.7. The Kier molecular flexibility index (Phi) is 3.93. The van der Waals surface area contributed by atoms with Crippen LogP contribution in [0.25, 0.3) is 0 Å². The molecule has 1 saturated heterocycles. The number of anilines is 1. The van der Waals surface area contributed by atoms with Crippen LogP contribution in [0.2, 0.25) is 0 Å². The van der Waals surface area contributed by atoms with E-state index in [1.165, 1.54) is 24.1 Å². The molecule has 1 aromatic carbocycles. The van der Waals surface area contributed by atoms with Crippen molar-refractivity contribution in [2.45, 2.75) is 12.8 Å². The summed E-state index contributed by atoms with van der Waals surface area (Å²) in [6.07, 6.45) is 1.45. The van der Waals surface area contributed by atoms with Crippen molar-refractivity contribution in [1.29, 1.82) is 0 Å². The number of hydrogen-bond donors (Lipinski definition) is 2. The van der Waals surface area contributed by atoms with Gasteiger partial charge in [-0.3, -0.25) is 4.90 Å².